The quantitative estimate of drug-likeness (QED) is 0.105. The van der Waals surface area contributed by atoms with Gasteiger partial charge in [0.15, 0.2) is 11.4 Å². The van der Waals surface area contributed by atoms with Gasteiger partial charge < -0.3 is 20.4 Å². The van der Waals surface area contributed by atoms with Gasteiger partial charge in [-0.25, -0.2) is 0 Å². The van der Waals surface area contributed by atoms with Crippen molar-refractivity contribution in [3.05, 3.63) is 0 Å². The highest BCUT2D eigenvalue weighted by Gasteiger charge is 2.44. The van der Waals surface area contributed by atoms with E-state index in [1.165, 1.54) is 0 Å². The van der Waals surface area contributed by atoms with Crippen molar-refractivity contribution in [3.8, 4) is 0 Å². The Morgan fingerprint density at radius 2 is 0.812 bits per heavy atom. The molecule has 0 aromatic carbocycles. The average Bonchev–Trinajstić information content (AvgIpc) is 2.70. The van der Waals surface area contributed by atoms with Crippen molar-refractivity contribution < 1.29 is 34.0 Å². The second kappa shape index (κ2) is 18.2. The predicted molar refractivity (Wildman–Crippen MR) is 126 cm³/mol. The number of hydrogen-bond acceptors (Lipinski definition) is 9. The number of hydrogen-bond donors (Lipinski definition) is 4. The molecule has 0 saturated carbocycles. The summed E-state index contributed by atoms with van der Waals surface area (Å²) in [6.45, 7) is 10.6. The highest BCUT2D eigenvalue weighted by Crippen LogP contribution is 2.39. The Bertz CT molecular complexity index is 421. The summed E-state index contributed by atoms with van der Waals surface area (Å²) in [6, 6.07) is 0. The van der Waals surface area contributed by atoms with Crippen molar-refractivity contribution in [2.24, 2.45) is 0 Å². The molecule has 0 aliphatic heterocycles. The minimum absolute atomic E-state index is 0.125. The monoisotopic (exact) mass is 483 g/mol. The first-order valence-electron chi connectivity index (χ1n) is 11.9. The van der Waals surface area contributed by atoms with Crippen molar-refractivity contribution in [2.45, 2.75) is 90.5 Å². The third-order valence-electron chi connectivity index (χ3n) is 5.46. The summed E-state index contributed by atoms with van der Waals surface area (Å²) in [6.07, 6.45) is 5.86. The lowest BCUT2D eigenvalue weighted by Crippen LogP contribution is -2.48. The Kier molecular flexibility index (Phi) is 18.0. The van der Waals surface area contributed by atoms with Crippen molar-refractivity contribution in [2.75, 3.05) is 52.6 Å². The van der Waals surface area contributed by atoms with Gasteiger partial charge in [-0.2, -0.15) is 0 Å². The maximum atomic E-state index is 12.9. The van der Waals surface area contributed by atoms with E-state index in [4.69, 9.17) is 29.5 Å². The normalized spacial score (nSPS) is 12.8. The van der Waals surface area contributed by atoms with Gasteiger partial charge in [-0.1, -0.05) is 9.05 Å². The van der Waals surface area contributed by atoms with Gasteiger partial charge >= 0.3 is 8.25 Å². The molecule has 4 N–H and O–H groups in total. The molecular formula is C22H48N2O7P+. The van der Waals surface area contributed by atoms with Crippen LogP contribution in [0.2, 0.25) is 0 Å². The summed E-state index contributed by atoms with van der Waals surface area (Å²) in [5.74, 6) is 0. The fourth-order valence-electron chi connectivity index (χ4n) is 3.46. The van der Waals surface area contributed by atoms with Crippen molar-refractivity contribution in [3.63, 3.8) is 0 Å². The minimum atomic E-state index is -2.43. The van der Waals surface area contributed by atoms with Crippen LogP contribution >= 0.6 is 8.25 Å². The molecule has 0 rings (SSSR count). The molecule has 0 atom stereocenters. The third-order valence-corrected chi connectivity index (χ3v) is 6.66. The Morgan fingerprint density at radius 3 is 1.03 bits per heavy atom. The van der Waals surface area contributed by atoms with Crippen LogP contribution in [-0.4, -0.2) is 94.3 Å². The Morgan fingerprint density at radius 1 is 0.562 bits per heavy atom. The molecule has 0 heterocycles. The number of rotatable bonds is 22. The van der Waals surface area contributed by atoms with E-state index in [0.29, 0.717) is 51.9 Å². The Hall–Kier alpha value is -0.220. The Balaban J connectivity index is 5.08. The summed E-state index contributed by atoms with van der Waals surface area (Å²) in [7, 11) is -2.43. The van der Waals surface area contributed by atoms with Gasteiger partial charge in [0.2, 0.25) is 0 Å². The first-order valence-corrected chi connectivity index (χ1v) is 13.0. The van der Waals surface area contributed by atoms with Crippen LogP contribution in [0.15, 0.2) is 0 Å². The molecule has 0 aliphatic rings. The lowest BCUT2D eigenvalue weighted by Gasteiger charge is -2.36. The molecule has 9 nitrogen and oxygen atoms in total. The van der Waals surface area contributed by atoms with Gasteiger partial charge in [-0.05, 0) is 79.1 Å². The molecule has 0 radical (unpaired) electrons. The molecule has 0 bridgehead atoms. The van der Waals surface area contributed by atoms with E-state index >= 15 is 0 Å². The van der Waals surface area contributed by atoms with Crippen LogP contribution in [0.1, 0.15) is 79.1 Å². The van der Waals surface area contributed by atoms with Crippen LogP contribution < -0.4 is 0 Å². The number of unbranched alkanes of at least 4 members (excludes halogenated alkanes) is 4. The molecule has 0 spiro atoms. The smallest absolute Gasteiger partial charge is 0.396 e. The standard InChI is InChI=1S/C22H48N2O7P/c1-21(2,23(13-5-9-17-25)14-6-10-18-26)30-32(29)31-22(3,4)24(15-7-11-19-27)16-8-12-20-28/h25-28H,5-20H2,1-4H3/q+1. The highest BCUT2D eigenvalue weighted by atomic mass is 31.1. The molecule has 32 heavy (non-hydrogen) atoms. The van der Waals surface area contributed by atoms with Crippen molar-refractivity contribution in [1.29, 1.82) is 0 Å². The zero-order valence-corrected chi connectivity index (χ0v) is 21.6. The molecular weight excluding hydrogens is 435 g/mol. The molecule has 10 heteroatoms. The first-order chi connectivity index (χ1) is 15.1. The zero-order chi connectivity index (χ0) is 24.5. The molecule has 0 fully saturated rings. The lowest BCUT2D eigenvalue weighted by molar-refractivity contribution is -0.0968. The number of aliphatic hydroxyl groups is 4. The van der Waals surface area contributed by atoms with E-state index in [1.54, 1.807) is 0 Å². The summed E-state index contributed by atoms with van der Waals surface area (Å²) in [5.41, 5.74) is -1.68. The maximum Gasteiger partial charge on any atom is 0.701 e. The molecule has 0 aromatic heterocycles. The molecule has 0 unspecified atom stereocenters. The van der Waals surface area contributed by atoms with Crippen LogP contribution in [-0.2, 0) is 13.6 Å². The van der Waals surface area contributed by atoms with Gasteiger partial charge in [0, 0.05) is 57.2 Å². The van der Waals surface area contributed by atoms with Gasteiger partial charge in [0.25, 0.3) is 0 Å². The van der Waals surface area contributed by atoms with Crippen molar-refractivity contribution >= 4 is 8.25 Å². The van der Waals surface area contributed by atoms with E-state index in [0.717, 1.165) is 25.7 Å². The molecule has 0 saturated heterocycles. The largest absolute Gasteiger partial charge is 0.701 e. The van der Waals surface area contributed by atoms with Crippen molar-refractivity contribution in [1.82, 2.24) is 9.80 Å². The maximum absolute atomic E-state index is 12.9. The number of nitrogens with zero attached hydrogens (tertiary/aromatic N) is 2. The molecule has 0 aromatic rings. The molecule has 192 valence electrons. The molecule has 0 aliphatic carbocycles. The fourth-order valence-corrected chi connectivity index (χ4v) is 4.46. The van der Waals surface area contributed by atoms with Gasteiger partial charge in [-0.15, -0.1) is 0 Å². The van der Waals surface area contributed by atoms with E-state index < -0.39 is 19.7 Å². The Labute approximate surface area is 195 Å². The topological polar surface area (TPSA) is 123 Å². The summed E-state index contributed by atoms with van der Waals surface area (Å²) in [5, 5.41) is 36.4. The second-order valence-corrected chi connectivity index (χ2v) is 9.81. The van der Waals surface area contributed by atoms with Crippen LogP contribution in [0.3, 0.4) is 0 Å². The summed E-state index contributed by atoms with van der Waals surface area (Å²) >= 11 is 0. The minimum Gasteiger partial charge on any atom is -0.396 e. The van der Waals surface area contributed by atoms with E-state index in [-0.39, 0.29) is 26.4 Å². The lowest BCUT2D eigenvalue weighted by atomic mass is 10.2. The van der Waals surface area contributed by atoms with Crippen LogP contribution in [0.25, 0.3) is 0 Å². The predicted octanol–water partition coefficient (Wildman–Crippen LogP) is 2.84. The van der Waals surface area contributed by atoms with E-state index in [2.05, 4.69) is 9.80 Å². The fraction of sp³-hybridized carbons (Fsp3) is 1.00. The third kappa shape index (κ3) is 14.1. The first kappa shape index (κ1) is 31.8. The highest BCUT2D eigenvalue weighted by molar-refractivity contribution is 7.33. The van der Waals surface area contributed by atoms with Gasteiger partial charge in [0.1, 0.15) is 0 Å². The molecule has 0 amide bonds. The second-order valence-electron chi connectivity index (χ2n) is 9.00. The van der Waals surface area contributed by atoms with E-state index in [1.807, 2.05) is 27.7 Å². The van der Waals surface area contributed by atoms with E-state index in [9.17, 15) is 4.57 Å². The average molecular weight is 484 g/mol. The SMILES string of the molecule is CC(C)(O[P+](=O)OC(C)(C)N(CCCCO)CCCCO)N(CCCCO)CCCCO. The van der Waals surface area contributed by atoms with Gasteiger partial charge in [-0.3, -0.25) is 9.80 Å². The van der Waals surface area contributed by atoms with Crippen LogP contribution in [0.4, 0.5) is 0 Å². The van der Waals surface area contributed by atoms with Crippen LogP contribution in [0.5, 0.6) is 0 Å². The summed E-state index contributed by atoms with van der Waals surface area (Å²) in [4.78, 5) is 4.14. The summed E-state index contributed by atoms with van der Waals surface area (Å²) < 4.78 is 24.7. The van der Waals surface area contributed by atoms with Crippen LogP contribution in [0, 0.1) is 0 Å². The van der Waals surface area contributed by atoms with Gasteiger partial charge in [0.05, 0.1) is 0 Å². The number of aliphatic hydroxyl groups excluding tert-OH is 4. The zero-order valence-electron chi connectivity index (χ0n) is 20.7.